The van der Waals surface area contributed by atoms with E-state index in [4.69, 9.17) is 21.1 Å². The predicted octanol–water partition coefficient (Wildman–Crippen LogP) is 3.44. The van der Waals surface area contributed by atoms with Gasteiger partial charge in [0.2, 0.25) is 0 Å². The van der Waals surface area contributed by atoms with E-state index >= 15 is 0 Å². The molecule has 0 spiro atoms. The number of hydrogen-bond donors (Lipinski definition) is 1. The molecule has 100 valence electrons. The highest BCUT2D eigenvalue weighted by Gasteiger charge is 2.13. The number of aliphatic hydroxyl groups excluding tert-OH is 1. The first-order chi connectivity index (χ1) is 9.13. The first-order valence-electron chi connectivity index (χ1n) is 5.80. The minimum atomic E-state index is -0.775. The quantitative estimate of drug-likeness (QED) is 0.931. The molecule has 0 aliphatic rings. The number of rotatable bonds is 4. The molecule has 0 saturated carbocycles. The van der Waals surface area contributed by atoms with Crippen molar-refractivity contribution in [3.8, 4) is 11.5 Å². The minimum absolute atomic E-state index is 0.589. The number of benzene rings is 2. The van der Waals surface area contributed by atoms with E-state index in [1.54, 1.807) is 50.6 Å². The zero-order valence-electron chi connectivity index (χ0n) is 10.8. The highest BCUT2D eigenvalue weighted by molar-refractivity contribution is 6.30. The van der Waals surface area contributed by atoms with Crippen LogP contribution in [0.25, 0.3) is 0 Å². The van der Waals surface area contributed by atoms with Crippen molar-refractivity contribution in [1.29, 1.82) is 0 Å². The van der Waals surface area contributed by atoms with Crippen LogP contribution in [0.4, 0.5) is 0 Å². The Labute approximate surface area is 117 Å². The Morgan fingerprint density at radius 1 is 0.947 bits per heavy atom. The lowest BCUT2D eigenvalue weighted by Crippen LogP contribution is -2.01. The predicted molar refractivity (Wildman–Crippen MR) is 75.1 cm³/mol. The van der Waals surface area contributed by atoms with Crippen LogP contribution in [0.1, 0.15) is 17.2 Å². The van der Waals surface area contributed by atoms with Crippen molar-refractivity contribution in [2.24, 2.45) is 0 Å². The summed E-state index contributed by atoms with van der Waals surface area (Å²) in [5.74, 6) is 1.27. The summed E-state index contributed by atoms with van der Waals surface area (Å²) < 4.78 is 10.4. The summed E-state index contributed by atoms with van der Waals surface area (Å²) in [5.41, 5.74) is 1.42. The van der Waals surface area contributed by atoms with E-state index < -0.39 is 6.10 Å². The Balaban J connectivity index is 2.40. The normalized spacial score (nSPS) is 12.0. The molecule has 2 aromatic carbocycles. The molecule has 1 N–H and O–H groups in total. The molecule has 2 aromatic rings. The Morgan fingerprint density at radius 2 is 1.58 bits per heavy atom. The molecule has 19 heavy (non-hydrogen) atoms. The van der Waals surface area contributed by atoms with Gasteiger partial charge < -0.3 is 14.6 Å². The first kappa shape index (κ1) is 13.7. The highest BCUT2D eigenvalue weighted by Crippen LogP contribution is 2.30. The minimum Gasteiger partial charge on any atom is -0.497 e. The third-order valence-corrected chi connectivity index (χ3v) is 3.09. The molecule has 0 aliphatic heterocycles. The Bertz CT molecular complexity index is 547. The van der Waals surface area contributed by atoms with Gasteiger partial charge in [-0.3, -0.25) is 0 Å². The fourth-order valence-corrected chi connectivity index (χ4v) is 2.06. The number of hydrogen-bond acceptors (Lipinski definition) is 3. The van der Waals surface area contributed by atoms with Gasteiger partial charge in [-0.1, -0.05) is 23.7 Å². The largest absolute Gasteiger partial charge is 0.497 e. The van der Waals surface area contributed by atoms with Gasteiger partial charge in [-0.25, -0.2) is 0 Å². The van der Waals surface area contributed by atoms with Gasteiger partial charge in [0, 0.05) is 11.1 Å². The van der Waals surface area contributed by atoms with Crippen molar-refractivity contribution in [3.05, 3.63) is 58.6 Å². The fourth-order valence-electron chi connectivity index (χ4n) is 1.86. The Kier molecular flexibility index (Phi) is 4.30. The third-order valence-electron chi connectivity index (χ3n) is 2.85. The lowest BCUT2D eigenvalue weighted by atomic mass is 10.0. The number of aliphatic hydroxyl groups is 1. The van der Waals surface area contributed by atoms with E-state index in [1.165, 1.54) is 0 Å². The van der Waals surface area contributed by atoms with Crippen LogP contribution in [0.2, 0.25) is 5.02 Å². The molecule has 0 heterocycles. The van der Waals surface area contributed by atoms with E-state index in [9.17, 15) is 5.11 Å². The van der Waals surface area contributed by atoms with Gasteiger partial charge in [-0.2, -0.15) is 0 Å². The molecule has 0 aliphatic carbocycles. The maximum atomic E-state index is 10.4. The van der Waals surface area contributed by atoms with E-state index in [0.717, 1.165) is 5.56 Å². The van der Waals surface area contributed by atoms with Gasteiger partial charge in [0.25, 0.3) is 0 Å². The van der Waals surface area contributed by atoms with E-state index in [-0.39, 0.29) is 0 Å². The standard InChI is InChI=1S/C15H15ClO3/c1-18-13-7-11(8-14(9-13)19-2)15(17)10-4-3-5-12(16)6-10/h3-9,15,17H,1-2H3. The van der Waals surface area contributed by atoms with Crippen molar-refractivity contribution in [3.63, 3.8) is 0 Å². The molecular weight excluding hydrogens is 264 g/mol. The van der Waals surface area contributed by atoms with Crippen LogP contribution in [-0.2, 0) is 0 Å². The van der Waals surface area contributed by atoms with Gasteiger partial charge >= 0.3 is 0 Å². The average Bonchev–Trinajstić information content (AvgIpc) is 2.45. The smallest absolute Gasteiger partial charge is 0.122 e. The summed E-state index contributed by atoms with van der Waals surface area (Å²) in [7, 11) is 3.15. The maximum absolute atomic E-state index is 10.4. The molecule has 0 fully saturated rings. The first-order valence-corrected chi connectivity index (χ1v) is 6.18. The van der Waals surface area contributed by atoms with Crippen molar-refractivity contribution in [2.75, 3.05) is 14.2 Å². The Hall–Kier alpha value is -1.71. The van der Waals surface area contributed by atoms with Crippen LogP contribution in [0, 0.1) is 0 Å². The third kappa shape index (κ3) is 3.19. The van der Waals surface area contributed by atoms with Crippen molar-refractivity contribution in [1.82, 2.24) is 0 Å². The van der Waals surface area contributed by atoms with Crippen LogP contribution >= 0.6 is 11.6 Å². The second-order valence-electron chi connectivity index (χ2n) is 4.10. The zero-order chi connectivity index (χ0) is 13.8. The van der Waals surface area contributed by atoms with Crippen LogP contribution in [-0.4, -0.2) is 19.3 Å². The molecule has 2 rings (SSSR count). The van der Waals surface area contributed by atoms with E-state index in [0.29, 0.717) is 22.1 Å². The van der Waals surface area contributed by atoms with Gasteiger partial charge in [-0.05, 0) is 35.4 Å². The summed E-state index contributed by atoms with van der Waals surface area (Å²) in [4.78, 5) is 0. The van der Waals surface area contributed by atoms with E-state index in [2.05, 4.69) is 0 Å². The van der Waals surface area contributed by atoms with Gasteiger partial charge in [0.1, 0.15) is 17.6 Å². The molecule has 0 bridgehead atoms. The monoisotopic (exact) mass is 278 g/mol. The van der Waals surface area contributed by atoms with Crippen LogP contribution in [0.3, 0.4) is 0 Å². The lowest BCUT2D eigenvalue weighted by Gasteiger charge is -2.14. The van der Waals surface area contributed by atoms with Crippen molar-refractivity contribution in [2.45, 2.75) is 6.10 Å². The second-order valence-corrected chi connectivity index (χ2v) is 4.54. The molecule has 1 atom stereocenters. The molecular formula is C15H15ClO3. The zero-order valence-corrected chi connectivity index (χ0v) is 11.5. The maximum Gasteiger partial charge on any atom is 0.122 e. The summed E-state index contributed by atoms with van der Waals surface area (Å²) >= 11 is 5.93. The molecule has 4 heteroatoms. The molecule has 1 unspecified atom stereocenters. The summed E-state index contributed by atoms with van der Waals surface area (Å²) in [5, 5.41) is 11.0. The summed E-state index contributed by atoms with van der Waals surface area (Å²) in [6.07, 6.45) is -0.775. The van der Waals surface area contributed by atoms with Crippen LogP contribution in [0.15, 0.2) is 42.5 Å². The lowest BCUT2D eigenvalue weighted by molar-refractivity contribution is 0.219. The summed E-state index contributed by atoms with van der Waals surface area (Å²) in [6.45, 7) is 0. The SMILES string of the molecule is COc1cc(OC)cc(C(O)c2cccc(Cl)c2)c1. The number of methoxy groups -OCH3 is 2. The second kappa shape index (κ2) is 5.95. The summed E-state index contributed by atoms with van der Waals surface area (Å²) in [6, 6.07) is 12.4. The van der Waals surface area contributed by atoms with Crippen molar-refractivity contribution >= 4 is 11.6 Å². The number of ether oxygens (including phenoxy) is 2. The fraction of sp³-hybridized carbons (Fsp3) is 0.200. The highest BCUT2D eigenvalue weighted by atomic mass is 35.5. The van der Waals surface area contributed by atoms with Gasteiger partial charge in [0.05, 0.1) is 14.2 Å². The number of halogens is 1. The topological polar surface area (TPSA) is 38.7 Å². The van der Waals surface area contributed by atoms with Crippen LogP contribution in [0.5, 0.6) is 11.5 Å². The molecule has 0 aromatic heterocycles. The van der Waals surface area contributed by atoms with Crippen molar-refractivity contribution < 1.29 is 14.6 Å². The van der Waals surface area contributed by atoms with E-state index in [1.807, 2.05) is 6.07 Å². The van der Waals surface area contributed by atoms with Crippen LogP contribution < -0.4 is 9.47 Å². The molecule has 0 radical (unpaired) electrons. The molecule has 3 nitrogen and oxygen atoms in total. The van der Waals surface area contributed by atoms with Gasteiger partial charge in [0.15, 0.2) is 0 Å². The molecule has 0 saturated heterocycles. The van der Waals surface area contributed by atoms with Gasteiger partial charge in [-0.15, -0.1) is 0 Å². The Morgan fingerprint density at radius 3 is 2.11 bits per heavy atom. The molecule has 0 amide bonds. The average molecular weight is 279 g/mol.